The summed E-state index contributed by atoms with van der Waals surface area (Å²) in [6.07, 6.45) is 2.76. The Hall–Kier alpha value is 0.270. The molecular weight excluding hydrogens is 168 g/mol. The lowest BCUT2D eigenvalue weighted by Gasteiger charge is -2.40. The van der Waals surface area contributed by atoms with Gasteiger partial charge in [0, 0.05) is 25.2 Å². The fraction of sp³-hybridized carbons (Fsp3) is 1.00. The minimum atomic E-state index is 0.795. The van der Waals surface area contributed by atoms with Gasteiger partial charge in [0.2, 0.25) is 0 Å². The van der Waals surface area contributed by atoms with E-state index >= 15 is 0 Å². The van der Waals surface area contributed by atoms with Gasteiger partial charge < -0.3 is 10.2 Å². The van der Waals surface area contributed by atoms with Crippen LogP contribution in [0.1, 0.15) is 12.8 Å². The van der Waals surface area contributed by atoms with Crippen molar-refractivity contribution in [1.29, 1.82) is 0 Å². The molecule has 0 radical (unpaired) electrons. The standard InChI is InChI=1S/C9H18N2S/c1-11-6-9(7-11)10-8-2-4-12-5-3-8/h8-10H,2-7H2,1H3. The molecule has 0 aromatic carbocycles. The van der Waals surface area contributed by atoms with Gasteiger partial charge in [0.15, 0.2) is 0 Å². The SMILES string of the molecule is CN1CC(NC2CCSCC2)C1. The van der Waals surface area contributed by atoms with Crippen molar-refractivity contribution in [3.05, 3.63) is 0 Å². The number of hydrogen-bond acceptors (Lipinski definition) is 3. The van der Waals surface area contributed by atoms with Gasteiger partial charge in [0.25, 0.3) is 0 Å². The first-order valence-electron chi connectivity index (χ1n) is 4.87. The van der Waals surface area contributed by atoms with E-state index in [1.165, 1.54) is 37.4 Å². The van der Waals surface area contributed by atoms with Crippen molar-refractivity contribution >= 4 is 11.8 Å². The third-order valence-electron chi connectivity index (χ3n) is 2.76. The van der Waals surface area contributed by atoms with Crippen LogP contribution in [0.3, 0.4) is 0 Å². The van der Waals surface area contributed by atoms with Crippen molar-refractivity contribution in [1.82, 2.24) is 10.2 Å². The van der Waals surface area contributed by atoms with Crippen LogP contribution in [-0.4, -0.2) is 48.6 Å². The van der Waals surface area contributed by atoms with E-state index in [2.05, 4.69) is 29.0 Å². The lowest BCUT2D eigenvalue weighted by atomic mass is 10.1. The fourth-order valence-corrected chi connectivity index (χ4v) is 3.11. The van der Waals surface area contributed by atoms with Crippen molar-refractivity contribution < 1.29 is 0 Å². The van der Waals surface area contributed by atoms with E-state index in [4.69, 9.17) is 0 Å². The number of rotatable bonds is 2. The van der Waals surface area contributed by atoms with Crippen LogP contribution in [0.2, 0.25) is 0 Å². The second-order valence-electron chi connectivity index (χ2n) is 3.97. The van der Waals surface area contributed by atoms with Crippen LogP contribution in [0.5, 0.6) is 0 Å². The minimum Gasteiger partial charge on any atom is -0.309 e. The lowest BCUT2D eigenvalue weighted by molar-refractivity contribution is 0.149. The van der Waals surface area contributed by atoms with E-state index in [1.54, 1.807) is 0 Å². The van der Waals surface area contributed by atoms with Crippen LogP contribution in [0.25, 0.3) is 0 Å². The molecular formula is C9H18N2S. The molecule has 12 heavy (non-hydrogen) atoms. The lowest BCUT2D eigenvalue weighted by Crippen LogP contribution is -2.58. The maximum Gasteiger partial charge on any atom is 0.0324 e. The quantitative estimate of drug-likeness (QED) is 0.686. The largest absolute Gasteiger partial charge is 0.309 e. The molecule has 0 saturated carbocycles. The van der Waals surface area contributed by atoms with Gasteiger partial charge in [-0.3, -0.25) is 0 Å². The van der Waals surface area contributed by atoms with Crippen molar-refractivity contribution in [2.75, 3.05) is 31.6 Å². The zero-order valence-corrected chi connectivity index (χ0v) is 8.57. The van der Waals surface area contributed by atoms with Crippen molar-refractivity contribution in [3.8, 4) is 0 Å². The molecule has 3 heteroatoms. The monoisotopic (exact) mass is 186 g/mol. The Morgan fingerprint density at radius 2 is 1.83 bits per heavy atom. The van der Waals surface area contributed by atoms with Crippen LogP contribution < -0.4 is 5.32 Å². The van der Waals surface area contributed by atoms with Gasteiger partial charge in [-0.15, -0.1) is 0 Å². The highest BCUT2D eigenvalue weighted by molar-refractivity contribution is 7.99. The van der Waals surface area contributed by atoms with Crippen LogP contribution in [-0.2, 0) is 0 Å². The van der Waals surface area contributed by atoms with Crippen molar-refractivity contribution in [2.24, 2.45) is 0 Å². The Labute approximate surface area is 79.1 Å². The highest BCUT2D eigenvalue weighted by atomic mass is 32.2. The van der Waals surface area contributed by atoms with E-state index in [-0.39, 0.29) is 0 Å². The van der Waals surface area contributed by atoms with Crippen molar-refractivity contribution in [3.63, 3.8) is 0 Å². The molecule has 2 rings (SSSR count). The Bertz CT molecular complexity index is 139. The zero-order chi connectivity index (χ0) is 8.39. The predicted molar refractivity (Wildman–Crippen MR) is 54.8 cm³/mol. The topological polar surface area (TPSA) is 15.3 Å². The predicted octanol–water partition coefficient (Wildman–Crippen LogP) is 0.786. The molecule has 0 aliphatic carbocycles. The van der Waals surface area contributed by atoms with E-state index in [1.807, 2.05) is 0 Å². The first-order valence-corrected chi connectivity index (χ1v) is 6.02. The number of nitrogens with zero attached hydrogens (tertiary/aromatic N) is 1. The summed E-state index contributed by atoms with van der Waals surface area (Å²) in [5.41, 5.74) is 0. The summed E-state index contributed by atoms with van der Waals surface area (Å²) in [4.78, 5) is 2.37. The van der Waals surface area contributed by atoms with Gasteiger partial charge in [-0.05, 0) is 31.4 Å². The average molecular weight is 186 g/mol. The molecule has 2 fully saturated rings. The summed E-state index contributed by atoms with van der Waals surface area (Å²) < 4.78 is 0. The third kappa shape index (κ3) is 2.15. The van der Waals surface area contributed by atoms with Crippen LogP contribution in [0, 0.1) is 0 Å². The molecule has 2 heterocycles. The van der Waals surface area contributed by atoms with E-state index in [0.717, 1.165) is 12.1 Å². The number of likely N-dealkylation sites (N-methyl/N-ethyl adjacent to an activating group) is 1. The van der Waals surface area contributed by atoms with Gasteiger partial charge in [-0.25, -0.2) is 0 Å². The molecule has 2 aliphatic heterocycles. The molecule has 0 amide bonds. The van der Waals surface area contributed by atoms with Crippen molar-refractivity contribution in [2.45, 2.75) is 24.9 Å². The van der Waals surface area contributed by atoms with Gasteiger partial charge >= 0.3 is 0 Å². The number of likely N-dealkylation sites (tertiary alicyclic amines) is 1. The van der Waals surface area contributed by atoms with Crippen LogP contribution in [0.15, 0.2) is 0 Å². The van der Waals surface area contributed by atoms with Crippen LogP contribution in [0.4, 0.5) is 0 Å². The molecule has 0 atom stereocenters. The average Bonchev–Trinajstić information content (AvgIpc) is 2.04. The number of hydrogen-bond donors (Lipinski definition) is 1. The van der Waals surface area contributed by atoms with E-state index in [0.29, 0.717) is 0 Å². The molecule has 0 spiro atoms. The maximum absolute atomic E-state index is 3.73. The molecule has 1 N–H and O–H groups in total. The summed E-state index contributed by atoms with van der Waals surface area (Å²) in [5.74, 6) is 2.72. The second kappa shape index (κ2) is 3.99. The Balaban J connectivity index is 1.65. The molecule has 2 nitrogen and oxygen atoms in total. The number of nitrogens with one attached hydrogen (secondary N) is 1. The fourth-order valence-electron chi connectivity index (χ4n) is 2.00. The maximum atomic E-state index is 3.73. The summed E-state index contributed by atoms with van der Waals surface area (Å²) in [5, 5.41) is 3.73. The third-order valence-corrected chi connectivity index (χ3v) is 3.81. The summed E-state index contributed by atoms with van der Waals surface area (Å²) in [7, 11) is 2.19. The summed E-state index contributed by atoms with van der Waals surface area (Å²) >= 11 is 2.10. The molecule has 70 valence electrons. The van der Waals surface area contributed by atoms with E-state index in [9.17, 15) is 0 Å². The Morgan fingerprint density at radius 1 is 1.17 bits per heavy atom. The normalized spacial score (nSPS) is 28.8. The summed E-state index contributed by atoms with van der Waals surface area (Å²) in [6.45, 7) is 2.51. The highest BCUT2D eigenvalue weighted by Gasteiger charge is 2.25. The molecule has 0 bridgehead atoms. The molecule has 0 unspecified atom stereocenters. The molecule has 0 aromatic rings. The minimum absolute atomic E-state index is 0.795. The molecule has 2 aliphatic rings. The van der Waals surface area contributed by atoms with Gasteiger partial charge in [0.05, 0.1) is 0 Å². The van der Waals surface area contributed by atoms with Gasteiger partial charge in [0.1, 0.15) is 0 Å². The first kappa shape index (κ1) is 8.85. The second-order valence-corrected chi connectivity index (χ2v) is 5.20. The van der Waals surface area contributed by atoms with Gasteiger partial charge in [-0.1, -0.05) is 0 Å². The highest BCUT2D eigenvalue weighted by Crippen LogP contribution is 2.18. The molecule has 0 aromatic heterocycles. The van der Waals surface area contributed by atoms with E-state index < -0.39 is 0 Å². The summed E-state index contributed by atoms with van der Waals surface area (Å²) in [6, 6.07) is 1.62. The number of thioether (sulfide) groups is 1. The zero-order valence-electron chi connectivity index (χ0n) is 7.75. The Kier molecular flexibility index (Phi) is 2.94. The van der Waals surface area contributed by atoms with Gasteiger partial charge in [-0.2, -0.15) is 11.8 Å². The first-order chi connectivity index (χ1) is 5.84. The molecule has 2 saturated heterocycles. The Morgan fingerprint density at radius 3 is 2.42 bits per heavy atom. The van der Waals surface area contributed by atoms with Crippen LogP contribution >= 0.6 is 11.8 Å². The smallest absolute Gasteiger partial charge is 0.0324 e.